The fourth-order valence-electron chi connectivity index (χ4n) is 2.43. The summed E-state index contributed by atoms with van der Waals surface area (Å²) in [6, 6.07) is 16.0. The van der Waals surface area contributed by atoms with Crippen molar-refractivity contribution in [2.24, 2.45) is 5.10 Å². The number of hydrazone groups is 1. The van der Waals surface area contributed by atoms with Gasteiger partial charge in [-0.2, -0.15) is 5.10 Å². The summed E-state index contributed by atoms with van der Waals surface area (Å²) in [6.45, 7) is 0. The number of rotatable bonds is 4. The molecule has 26 heavy (non-hydrogen) atoms. The summed E-state index contributed by atoms with van der Waals surface area (Å²) >= 11 is 1.34. The van der Waals surface area contributed by atoms with Crippen molar-refractivity contribution in [3.63, 3.8) is 0 Å². The molecule has 7 heteroatoms. The van der Waals surface area contributed by atoms with Gasteiger partial charge in [-0.15, -0.1) is 11.3 Å². The van der Waals surface area contributed by atoms with Crippen LogP contribution in [0.15, 0.2) is 74.3 Å². The number of aromatic hydroxyl groups is 1. The van der Waals surface area contributed by atoms with Crippen LogP contribution >= 0.6 is 11.3 Å². The fraction of sp³-hybridized carbons (Fsp3) is 0. The van der Waals surface area contributed by atoms with Crippen LogP contribution in [0.1, 0.15) is 5.56 Å². The van der Waals surface area contributed by atoms with E-state index in [-0.39, 0.29) is 5.75 Å². The lowest BCUT2D eigenvalue weighted by Crippen LogP contribution is -2.03. The molecule has 2 aromatic carbocycles. The van der Waals surface area contributed by atoms with E-state index in [0.29, 0.717) is 27.4 Å². The average Bonchev–Trinajstić information content (AvgIpc) is 3.10. The lowest BCUT2D eigenvalue weighted by molar-refractivity contribution is 0.473. The summed E-state index contributed by atoms with van der Waals surface area (Å²) in [5.74, 6) is 0.0461. The highest BCUT2D eigenvalue weighted by molar-refractivity contribution is 7.14. The summed E-state index contributed by atoms with van der Waals surface area (Å²) < 4.78 is 5.28. The number of aromatic nitrogens is 1. The smallest absolute Gasteiger partial charge is 0.345 e. The van der Waals surface area contributed by atoms with Crippen LogP contribution < -0.4 is 11.1 Å². The third-order valence-electron chi connectivity index (χ3n) is 3.67. The quantitative estimate of drug-likeness (QED) is 0.324. The Morgan fingerprint density at radius 3 is 2.85 bits per heavy atom. The van der Waals surface area contributed by atoms with Gasteiger partial charge < -0.3 is 9.52 Å². The first-order chi connectivity index (χ1) is 12.7. The van der Waals surface area contributed by atoms with Crippen LogP contribution in [0, 0.1) is 0 Å². The Morgan fingerprint density at radius 2 is 2.00 bits per heavy atom. The normalized spacial score (nSPS) is 11.2. The molecule has 2 N–H and O–H groups in total. The Balaban J connectivity index is 1.59. The molecule has 128 valence electrons. The maximum absolute atomic E-state index is 12.2. The van der Waals surface area contributed by atoms with Crippen molar-refractivity contribution in [3.05, 3.63) is 76.0 Å². The molecular weight excluding hydrogens is 350 g/mol. The van der Waals surface area contributed by atoms with E-state index in [1.165, 1.54) is 17.4 Å². The van der Waals surface area contributed by atoms with Gasteiger partial charge >= 0.3 is 5.63 Å². The summed E-state index contributed by atoms with van der Waals surface area (Å²) in [5, 5.41) is 16.7. The summed E-state index contributed by atoms with van der Waals surface area (Å²) in [4.78, 5) is 16.6. The zero-order valence-electron chi connectivity index (χ0n) is 13.4. The number of phenolic OH excluding ortho intramolecular Hbond substituents is 1. The van der Waals surface area contributed by atoms with Gasteiger partial charge in [0.05, 0.1) is 17.5 Å². The first-order valence-electron chi connectivity index (χ1n) is 7.76. The van der Waals surface area contributed by atoms with Crippen molar-refractivity contribution < 1.29 is 9.52 Å². The predicted octanol–water partition coefficient (Wildman–Crippen LogP) is 4.07. The number of fused-ring (bicyclic) bond motifs is 1. The van der Waals surface area contributed by atoms with Crippen molar-refractivity contribution in [1.29, 1.82) is 0 Å². The molecule has 2 heterocycles. The second-order valence-corrected chi connectivity index (χ2v) is 6.35. The van der Waals surface area contributed by atoms with Gasteiger partial charge in [0.2, 0.25) is 5.13 Å². The molecule has 0 amide bonds. The highest BCUT2D eigenvalue weighted by atomic mass is 32.1. The van der Waals surface area contributed by atoms with Crippen LogP contribution in [0.2, 0.25) is 0 Å². The lowest BCUT2D eigenvalue weighted by Gasteiger charge is -2.00. The molecule has 0 saturated carbocycles. The number of hydrogen-bond donors (Lipinski definition) is 2. The molecule has 0 atom stereocenters. The number of hydrogen-bond acceptors (Lipinski definition) is 7. The molecule has 0 bridgehead atoms. The Bertz CT molecular complexity index is 1150. The Labute approximate surface area is 152 Å². The van der Waals surface area contributed by atoms with E-state index in [2.05, 4.69) is 15.5 Å². The number of thiazole rings is 1. The standard InChI is InChI=1S/C19H13N3O3S/c23-14-7-6-13-8-15(18(24)25-17(13)9-14)16-11-26-19(21-16)22-20-10-12-4-2-1-3-5-12/h1-11,23H,(H,21,22)/b20-10-. The van der Waals surface area contributed by atoms with Crippen molar-refractivity contribution in [1.82, 2.24) is 4.98 Å². The van der Waals surface area contributed by atoms with Crippen LogP contribution in [-0.4, -0.2) is 16.3 Å². The number of phenols is 1. The van der Waals surface area contributed by atoms with Gasteiger partial charge in [-0.25, -0.2) is 9.78 Å². The molecule has 0 aliphatic carbocycles. The topological polar surface area (TPSA) is 87.7 Å². The maximum Gasteiger partial charge on any atom is 0.345 e. The molecule has 0 aliphatic heterocycles. The summed E-state index contributed by atoms with van der Waals surface area (Å²) in [7, 11) is 0. The highest BCUT2D eigenvalue weighted by Crippen LogP contribution is 2.26. The summed E-state index contributed by atoms with van der Waals surface area (Å²) in [6.07, 6.45) is 1.69. The van der Waals surface area contributed by atoms with Gasteiger partial charge in [0.1, 0.15) is 11.3 Å². The third-order valence-corrected chi connectivity index (χ3v) is 4.42. The third kappa shape index (κ3) is 3.33. The SMILES string of the molecule is O=c1oc2cc(O)ccc2cc1-c1csc(N/N=C\c2ccccc2)n1. The van der Waals surface area contributed by atoms with Crippen molar-refractivity contribution in [3.8, 4) is 17.0 Å². The van der Waals surface area contributed by atoms with Crippen LogP contribution in [0.25, 0.3) is 22.2 Å². The van der Waals surface area contributed by atoms with Gasteiger partial charge in [-0.05, 0) is 23.8 Å². The second-order valence-electron chi connectivity index (χ2n) is 5.49. The van der Waals surface area contributed by atoms with E-state index in [1.807, 2.05) is 30.3 Å². The largest absolute Gasteiger partial charge is 0.508 e. The zero-order valence-corrected chi connectivity index (χ0v) is 14.2. The van der Waals surface area contributed by atoms with Gasteiger partial charge in [0.15, 0.2) is 0 Å². The predicted molar refractivity (Wildman–Crippen MR) is 103 cm³/mol. The van der Waals surface area contributed by atoms with E-state index in [9.17, 15) is 9.90 Å². The monoisotopic (exact) mass is 363 g/mol. The molecule has 0 radical (unpaired) electrons. The van der Waals surface area contributed by atoms with E-state index in [1.54, 1.807) is 29.8 Å². The molecule has 4 aromatic rings. The minimum atomic E-state index is -0.507. The van der Waals surface area contributed by atoms with E-state index >= 15 is 0 Å². The molecule has 0 aliphatic rings. The number of nitrogens with zero attached hydrogens (tertiary/aromatic N) is 2. The van der Waals surface area contributed by atoms with Gasteiger partial charge in [0.25, 0.3) is 0 Å². The van der Waals surface area contributed by atoms with Crippen molar-refractivity contribution in [2.75, 3.05) is 5.43 Å². The Morgan fingerprint density at radius 1 is 1.15 bits per heavy atom. The Hall–Kier alpha value is -3.45. The fourth-order valence-corrected chi connectivity index (χ4v) is 3.09. The van der Waals surface area contributed by atoms with E-state index < -0.39 is 5.63 Å². The van der Waals surface area contributed by atoms with Crippen molar-refractivity contribution >= 4 is 33.7 Å². The average molecular weight is 363 g/mol. The molecular formula is C19H13N3O3S. The van der Waals surface area contributed by atoms with Crippen LogP contribution in [-0.2, 0) is 0 Å². The second kappa shape index (κ2) is 6.81. The van der Waals surface area contributed by atoms with Gasteiger partial charge in [-0.1, -0.05) is 30.3 Å². The minimum Gasteiger partial charge on any atom is -0.508 e. The van der Waals surface area contributed by atoms with Crippen LogP contribution in [0.3, 0.4) is 0 Å². The maximum atomic E-state index is 12.2. The molecule has 0 unspecified atom stereocenters. The molecule has 2 aromatic heterocycles. The number of nitrogens with one attached hydrogen (secondary N) is 1. The minimum absolute atomic E-state index is 0.0461. The Kier molecular flexibility index (Phi) is 4.20. The van der Waals surface area contributed by atoms with Crippen LogP contribution in [0.5, 0.6) is 5.75 Å². The molecule has 0 saturated heterocycles. The first-order valence-corrected chi connectivity index (χ1v) is 8.64. The summed E-state index contributed by atoms with van der Waals surface area (Å²) in [5.41, 5.74) is 4.52. The van der Waals surface area contributed by atoms with E-state index in [0.717, 1.165) is 5.56 Å². The van der Waals surface area contributed by atoms with E-state index in [4.69, 9.17) is 4.42 Å². The molecule has 0 spiro atoms. The van der Waals surface area contributed by atoms with Gasteiger partial charge in [-0.3, -0.25) is 5.43 Å². The number of benzene rings is 2. The first kappa shape index (κ1) is 16.0. The van der Waals surface area contributed by atoms with Crippen molar-refractivity contribution in [2.45, 2.75) is 0 Å². The zero-order chi connectivity index (χ0) is 17.9. The van der Waals surface area contributed by atoms with Crippen LogP contribution in [0.4, 0.5) is 5.13 Å². The van der Waals surface area contributed by atoms with Gasteiger partial charge in [0, 0.05) is 16.8 Å². The lowest BCUT2D eigenvalue weighted by atomic mass is 10.1. The number of anilines is 1. The molecule has 6 nitrogen and oxygen atoms in total. The highest BCUT2D eigenvalue weighted by Gasteiger charge is 2.11. The molecule has 0 fully saturated rings. The molecule has 4 rings (SSSR count).